The predicted molar refractivity (Wildman–Crippen MR) is 167 cm³/mol. The Morgan fingerprint density at radius 3 is 2.70 bits per heavy atom. The molecule has 1 aromatic heterocycles. The van der Waals surface area contributed by atoms with Crippen molar-refractivity contribution >= 4 is 11.8 Å². The smallest absolute Gasteiger partial charge is 0.317 e. The molecule has 1 heterocycles. The van der Waals surface area contributed by atoms with E-state index in [4.69, 9.17) is 9.15 Å². The molecule has 8 heteroatoms. The quantitative estimate of drug-likeness (QED) is 0.186. The molecule has 0 spiro atoms. The van der Waals surface area contributed by atoms with Gasteiger partial charge >= 0.3 is 6.03 Å². The van der Waals surface area contributed by atoms with E-state index in [2.05, 4.69) is 25.2 Å². The minimum Gasteiger partial charge on any atom is -0.461 e. The van der Waals surface area contributed by atoms with Gasteiger partial charge in [0.2, 0.25) is 5.78 Å². The van der Waals surface area contributed by atoms with Gasteiger partial charge in [0.1, 0.15) is 0 Å². The van der Waals surface area contributed by atoms with Crippen LogP contribution < -0.4 is 5.32 Å². The molecule has 2 amide bonds. The molecule has 236 valence electrons. The van der Waals surface area contributed by atoms with Gasteiger partial charge in [0.05, 0.1) is 24.5 Å². The highest BCUT2D eigenvalue weighted by Gasteiger charge is 2.57. The van der Waals surface area contributed by atoms with Crippen molar-refractivity contribution in [2.45, 2.75) is 103 Å². The molecule has 8 nitrogen and oxygen atoms in total. The Morgan fingerprint density at radius 2 is 2.00 bits per heavy atom. The average molecular weight is 595 g/mol. The molecule has 0 unspecified atom stereocenters. The van der Waals surface area contributed by atoms with Gasteiger partial charge in [0.15, 0.2) is 5.76 Å². The monoisotopic (exact) mass is 594 g/mol. The lowest BCUT2D eigenvalue weighted by Gasteiger charge is -2.46. The summed E-state index contributed by atoms with van der Waals surface area (Å²) in [6, 6.07) is 9.09. The number of rotatable bonds is 9. The van der Waals surface area contributed by atoms with Crippen molar-refractivity contribution in [3.8, 4) is 0 Å². The van der Waals surface area contributed by atoms with Crippen molar-refractivity contribution in [3.05, 3.63) is 70.7 Å². The van der Waals surface area contributed by atoms with Crippen molar-refractivity contribution < 1.29 is 29.0 Å². The lowest BCUT2D eigenvalue weighted by molar-refractivity contribution is -0.0775. The Hall–Kier alpha value is -2.94. The van der Waals surface area contributed by atoms with Crippen LogP contribution in [0.2, 0.25) is 0 Å². The molecule has 1 aromatic carbocycles. The van der Waals surface area contributed by atoms with E-state index in [9.17, 15) is 19.8 Å². The maximum absolute atomic E-state index is 13.8. The number of amides is 2. The number of carbonyl (C=O) groups is 2. The van der Waals surface area contributed by atoms with E-state index >= 15 is 0 Å². The Bertz CT molecular complexity index is 1270. The molecular formula is C35H50N2O6. The lowest BCUT2D eigenvalue weighted by Crippen LogP contribution is -2.56. The number of methoxy groups -OCH3 is 1. The molecule has 0 aliphatic heterocycles. The number of allylic oxidation sites excluding steroid dienone is 2. The summed E-state index contributed by atoms with van der Waals surface area (Å²) < 4.78 is 10.8. The summed E-state index contributed by atoms with van der Waals surface area (Å²) in [6.45, 7) is 9.27. The Kier molecular flexibility index (Phi) is 10.9. The van der Waals surface area contributed by atoms with Crippen LogP contribution in [-0.2, 0) is 11.2 Å². The summed E-state index contributed by atoms with van der Waals surface area (Å²) in [5, 5.41) is 26.4. The van der Waals surface area contributed by atoms with E-state index < -0.39 is 17.1 Å². The molecule has 0 radical (unpaired) electrons. The van der Waals surface area contributed by atoms with Crippen LogP contribution in [0.3, 0.4) is 0 Å². The minimum absolute atomic E-state index is 0.0337. The first-order chi connectivity index (χ1) is 20.5. The molecule has 0 saturated heterocycles. The molecule has 2 bridgehead atoms. The standard InChI is InChI=1S/C35H50N2O6/c1-24(2)36-33(40)37(18-8-19-42-5)23-35(41)17-15-30-28-14-12-26(22-29(28)32(39)31-10-7-20-43-31)21-27(38)13-11-25(3)9-6-16-34(30,35)4/h7,9-10,12,14,20,22,24,27,30,38,41H,6,8,11,13,15-19,21,23H2,1-5H3,(H,36,40)/t27-,30-,34-,35+/m0/s1. The highest BCUT2D eigenvalue weighted by atomic mass is 16.5. The van der Waals surface area contributed by atoms with Gasteiger partial charge in [-0.3, -0.25) is 4.79 Å². The summed E-state index contributed by atoms with van der Waals surface area (Å²) in [4.78, 5) is 28.9. The Balaban J connectivity index is 1.79. The largest absolute Gasteiger partial charge is 0.461 e. The number of aliphatic hydroxyl groups is 2. The van der Waals surface area contributed by atoms with Gasteiger partial charge in [-0.05, 0) is 107 Å². The molecule has 43 heavy (non-hydrogen) atoms. The van der Waals surface area contributed by atoms with Gasteiger partial charge in [0, 0.05) is 37.3 Å². The number of furan rings is 1. The van der Waals surface area contributed by atoms with Gasteiger partial charge < -0.3 is 29.6 Å². The number of urea groups is 1. The van der Waals surface area contributed by atoms with Crippen LogP contribution in [0.1, 0.15) is 106 Å². The first kappa shape index (κ1) is 33.0. The van der Waals surface area contributed by atoms with E-state index in [1.165, 1.54) is 11.8 Å². The first-order valence-corrected chi connectivity index (χ1v) is 15.8. The van der Waals surface area contributed by atoms with Gasteiger partial charge in [-0.2, -0.15) is 0 Å². The van der Waals surface area contributed by atoms with Crippen LogP contribution in [-0.4, -0.2) is 71.5 Å². The highest BCUT2D eigenvalue weighted by Crippen LogP contribution is 2.58. The molecule has 4 atom stereocenters. The van der Waals surface area contributed by atoms with Crippen LogP contribution in [0, 0.1) is 5.41 Å². The van der Waals surface area contributed by atoms with E-state index in [0.29, 0.717) is 57.2 Å². The third-order valence-electron chi connectivity index (χ3n) is 9.59. The van der Waals surface area contributed by atoms with Gasteiger partial charge in [0.25, 0.3) is 0 Å². The van der Waals surface area contributed by atoms with Crippen molar-refractivity contribution in [2.24, 2.45) is 5.41 Å². The molecule has 1 saturated carbocycles. The number of carbonyl (C=O) groups excluding carboxylic acids is 2. The number of fused-ring (bicyclic) bond motifs is 8. The molecule has 2 aromatic rings. The van der Waals surface area contributed by atoms with E-state index in [1.54, 1.807) is 24.1 Å². The lowest BCUT2D eigenvalue weighted by atomic mass is 9.64. The predicted octanol–water partition coefficient (Wildman–Crippen LogP) is 6.01. The number of hydrogen-bond acceptors (Lipinski definition) is 6. The minimum atomic E-state index is -1.18. The van der Waals surface area contributed by atoms with Gasteiger partial charge in [-0.15, -0.1) is 0 Å². The van der Waals surface area contributed by atoms with Crippen molar-refractivity contribution in [3.63, 3.8) is 0 Å². The number of nitrogens with one attached hydrogen (secondary N) is 1. The zero-order chi connectivity index (χ0) is 31.2. The third-order valence-corrected chi connectivity index (χ3v) is 9.59. The molecule has 5 rings (SSSR count). The second kappa shape index (κ2) is 14.2. The topological polar surface area (TPSA) is 112 Å². The molecule has 1 fully saturated rings. The summed E-state index contributed by atoms with van der Waals surface area (Å²) >= 11 is 0. The zero-order valence-electron chi connectivity index (χ0n) is 26.5. The number of ether oxygens (including phenoxy) is 1. The van der Waals surface area contributed by atoms with Gasteiger partial charge in [-0.25, -0.2) is 4.79 Å². The summed E-state index contributed by atoms with van der Waals surface area (Å²) in [5.41, 5.74) is 1.74. The number of benzene rings is 1. The molecule has 3 aliphatic rings. The van der Waals surface area contributed by atoms with Crippen molar-refractivity contribution in [1.29, 1.82) is 0 Å². The Morgan fingerprint density at radius 1 is 1.21 bits per heavy atom. The SMILES string of the molecule is COCCCN(C[C@]1(O)CC[C@H]2c3ccc(cc3C(=O)c3ccco3)C[C@@H](O)CCC(C)=CCC[C@@]21C)C(=O)NC(C)C. The maximum Gasteiger partial charge on any atom is 0.317 e. The molecular weight excluding hydrogens is 544 g/mol. The molecule has 3 aliphatic carbocycles. The fourth-order valence-corrected chi connectivity index (χ4v) is 7.04. The second-order valence-corrected chi connectivity index (χ2v) is 13.1. The summed E-state index contributed by atoms with van der Waals surface area (Å²) in [7, 11) is 1.65. The zero-order valence-corrected chi connectivity index (χ0v) is 26.5. The number of ketones is 1. The van der Waals surface area contributed by atoms with Crippen LogP contribution in [0.25, 0.3) is 0 Å². The first-order valence-electron chi connectivity index (χ1n) is 15.8. The fourth-order valence-electron chi connectivity index (χ4n) is 7.04. The van der Waals surface area contributed by atoms with E-state index in [-0.39, 0.29) is 36.1 Å². The molecule has 3 N–H and O–H groups in total. The maximum atomic E-state index is 13.8. The number of nitrogens with zero attached hydrogens (tertiary/aromatic N) is 1. The normalized spacial score (nSPS) is 26.1. The Labute approximate surface area is 256 Å². The number of hydrogen-bond donors (Lipinski definition) is 3. The summed E-state index contributed by atoms with van der Waals surface area (Å²) in [6.07, 6.45) is 8.36. The van der Waals surface area contributed by atoms with Gasteiger partial charge in [-0.1, -0.05) is 30.7 Å². The fraction of sp³-hybridized carbons (Fsp3) is 0.600. The van der Waals surface area contributed by atoms with Crippen LogP contribution >= 0.6 is 0 Å². The van der Waals surface area contributed by atoms with E-state index in [1.807, 2.05) is 32.0 Å². The summed E-state index contributed by atoms with van der Waals surface area (Å²) in [5.74, 6) is -0.0613. The van der Waals surface area contributed by atoms with Crippen molar-refractivity contribution in [1.82, 2.24) is 10.2 Å². The van der Waals surface area contributed by atoms with Crippen LogP contribution in [0.5, 0.6) is 0 Å². The number of aliphatic hydroxyl groups excluding tert-OH is 1. The van der Waals surface area contributed by atoms with Crippen LogP contribution in [0.4, 0.5) is 4.79 Å². The second-order valence-electron chi connectivity index (χ2n) is 13.1. The van der Waals surface area contributed by atoms with E-state index in [0.717, 1.165) is 24.0 Å². The average Bonchev–Trinajstić information content (AvgIpc) is 3.58. The third kappa shape index (κ3) is 7.59. The van der Waals surface area contributed by atoms with Crippen molar-refractivity contribution in [2.75, 3.05) is 26.8 Å². The van der Waals surface area contributed by atoms with Crippen LogP contribution in [0.15, 0.2) is 52.7 Å². The highest BCUT2D eigenvalue weighted by molar-refractivity contribution is 6.08.